The van der Waals surface area contributed by atoms with Gasteiger partial charge >= 0.3 is 0 Å². The Labute approximate surface area is 329 Å². The summed E-state index contributed by atoms with van der Waals surface area (Å²) in [6, 6.07) is 47.1. The largest absolute Gasteiger partial charge is 0.472 e. The lowest BCUT2D eigenvalue weighted by Gasteiger charge is -2.39. The molecule has 0 bridgehead atoms. The summed E-state index contributed by atoms with van der Waals surface area (Å²) < 4.78 is 7.77. The van der Waals surface area contributed by atoms with Gasteiger partial charge in [-0.3, -0.25) is 0 Å². The van der Waals surface area contributed by atoms with Crippen molar-refractivity contribution in [1.29, 1.82) is 5.26 Å². The fraction of sp³-hybridized carbons (Fsp3) is 0.226. The Bertz CT molecular complexity index is 2880. The highest BCUT2D eigenvalue weighted by atomic mass is 16.5. The molecule has 0 aromatic heterocycles. The summed E-state index contributed by atoms with van der Waals surface area (Å²) in [5.74, 6) is 0.914. The SMILES string of the molecule is CC1(C)c2cc(C3(c4ccc(N5CCCCC5)cc4)C=Cc4c5c(c6ccccc6c4O3)-c3ccc(C#N)cc3C5(C)C)ccc2-c2cc3ccccc3cc21. The van der Waals surface area contributed by atoms with Crippen molar-refractivity contribution >= 4 is 33.3 Å². The highest BCUT2D eigenvalue weighted by Gasteiger charge is 2.45. The fourth-order valence-electron chi connectivity index (χ4n) is 10.7. The van der Waals surface area contributed by atoms with Gasteiger partial charge in [-0.2, -0.15) is 5.26 Å². The van der Waals surface area contributed by atoms with E-state index in [1.54, 1.807) is 0 Å². The molecule has 0 amide bonds. The summed E-state index contributed by atoms with van der Waals surface area (Å²) >= 11 is 0. The summed E-state index contributed by atoms with van der Waals surface area (Å²) in [5, 5.41) is 14.7. The Kier molecular flexibility index (Phi) is 6.95. The van der Waals surface area contributed by atoms with Crippen molar-refractivity contribution in [3.05, 3.63) is 172 Å². The van der Waals surface area contributed by atoms with Gasteiger partial charge in [0, 0.05) is 51.7 Å². The molecule has 1 atom stereocenters. The number of nitrogens with zero attached hydrogens (tertiary/aromatic N) is 2. The average Bonchev–Trinajstić information content (AvgIpc) is 3.61. The smallest absolute Gasteiger partial charge is 0.178 e. The third-order valence-electron chi connectivity index (χ3n) is 13.7. The van der Waals surface area contributed by atoms with Crippen molar-refractivity contribution in [3.8, 4) is 34.1 Å². The average molecular weight is 725 g/mol. The molecule has 0 spiro atoms. The molecule has 1 fully saturated rings. The summed E-state index contributed by atoms with van der Waals surface area (Å²) in [7, 11) is 0. The second-order valence-corrected chi connectivity index (χ2v) is 17.4. The molecule has 2 aliphatic carbocycles. The van der Waals surface area contributed by atoms with Gasteiger partial charge in [0.05, 0.1) is 11.6 Å². The van der Waals surface area contributed by atoms with Crippen molar-refractivity contribution in [2.24, 2.45) is 0 Å². The molecule has 3 nitrogen and oxygen atoms in total. The monoisotopic (exact) mass is 724 g/mol. The van der Waals surface area contributed by atoms with E-state index in [-0.39, 0.29) is 10.8 Å². The Morgan fingerprint density at radius 2 is 1.27 bits per heavy atom. The van der Waals surface area contributed by atoms with Crippen molar-refractivity contribution in [3.63, 3.8) is 0 Å². The van der Waals surface area contributed by atoms with Gasteiger partial charge in [0.1, 0.15) is 5.75 Å². The van der Waals surface area contributed by atoms with E-state index in [2.05, 4.69) is 166 Å². The van der Waals surface area contributed by atoms with Crippen LogP contribution in [0.4, 0.5) is 5.69 Å². The lowest BCUT2D eigenvalue weighted by molar-refractivity contribution is 0.163. The van der Waals surface area contributed by atoms with Crippen LogP contribution in [-0.2, 0) is 16.4 Å². The van der Waals surface area contributed by atoms with Gasteiger partial charge in [-0.15, -0.1) is 0 Å². The van der Waals surface area contributed by atoms with Crippen molar-refractivity contribution in [2.75, 3.05) is 18.0 Å². The number of piperidine rings is 1. The van der Waals surface area contributed by atoms with Crippen LogP contribution in [0.15, 0.2) is 127 Å². The van der Waals surface area contributed by atoms with Gasteiger partial charge in [0.25, 0.3) is 0 Å². The molecule has 11 rings (SSSR count). The molecule has 2 aliphatic heterocycles. The van der Waals surface area contributed by atoms with Gasteiger partial charge < -0.3 is 9.64 Å². The van der Waals surface area contributed by atoms with Crippen LogP contribution in [0.2, 0.25) is 0 Å². The van der Waals surface area contributed by atoms with Crippen LogP contribution in [0.25, 0.3) is 49.9 Å². The normalized spacial score (nSPS) is 19.4. The van der Waals surface area contributed by atoms with Gasteiger partial charge in [0.15, 0.2) is 5.60 Å². The summed E-state index contributed by atoms with van der Waals surface area (Å²) in [4.78, 5) is 2.53. The molecule has 0 radical (unpaired) electrons. The molecule has 4 aliphatic rings. The molecule has 272 valence electrons. The maximum absolute atomic E-state index is 9.89. The molecule has 3 heteroatoms. The quantitative estimate of drug-likeness (QED) is 0.182. The van der Waals surface area contributed by atoms with Crippen LogP contribution < -0.4 is 9.64 Å². The Morgan fingerprint density at radius 3 is 2.04 bits per heavy atom. The Hall–Kier alpha value is -6.11. The van der Waals surface area contributed by atoms with Crippen LogP contribution in [0, 0.1) is 11.3 Å². The molecular formula is C53H44N2O. The van der Waals surface area contributed by atoms with E-state index in [4.69, 9.17) is 4.74 Å². The first-order chi connectivity index (χ1) is 27.2. The lowest BCUT2D eigenvalue weighted by atomic mass is 9.75. The zero-order chi connectivity index (χ0) is 38.0. The highest BCUT2D eigenvalue weighted by molar-refractivity contribution is 6.08. The molecule has 2 heterocycles. The standard InChI is InChI=1S/C53H44N2O/c1-51(2)46-30-35-13-7-6-12-34(35)29-44(46)39-23-19-37(31-47(39)51)53(36-17-20-38(21-18-36)55-26-10-5-11-27-55)25-24-43-49-48(40-14-8-9-15-41(40)50(43)56-53)42-22-16-33(32-54)28-45(42)52(49,3)4/h6-9,12-25,28-31H,5,10-11,26-27H2,1-4H3. The third-order valence-corrected chi connectivity index (χ3v) is 13.7. The van der Waals surface area contributed by atoms with E-state index in [0.29, 0.717) is 5.56 Å². The zero-order valence-electron chi connectivity index (χ0n) is 32.5. The predicted octanol–water partition coefficient (Wildman–Crippen LogP) is 12.8. The first-order valence-corrected chi connectivity index (χ1v) is 20.3. The number of nitriles is 1. The van der Waals surface area contributed by atoms with Crippen molar-refractivity contribution in [1.82, 2.24) is 0 Å². The van der Waals surface area contributed by atoms with Crippen molar-refractivity contribution in [2.45, 2.75) is 63.4 Å². The number of anilines is 1. The molecule has 7 aromatic carbocycles. The van der Waals surface area contributed by atoms with Crippen LogP contribution >= 0.6 is 0 Å². The van der Waals surface area contributed by atoms with Gasteiger partial charge in [-0.25, -0.2) is 0 Å². The number of hydrogen-bond acceptors (Lipinski definition) is 3. The maximum Gasteiger partial charge on any atom is 0.178 e. The summed E-state index contributed by atoms with van der Waals surface area (Å²) in [5.41, 5.74) is 14.2. The van der Waals surface area contributed by atoms with E-state index in [1.165, 1.54) is 85.6 Å². The molecular weight excluding hydrogens is 681 g/mol. The van der Waals surface area contributed by atoms with E-state index < -0.39 is 5.60 Å². The van der Waals surface area contributed by atoms with Gasteiger partial charge in [-0.05, 0) is 128 Å². The highest BCUT2D eigenvalue weighted by Crippen LogP contribution is 2.59. The second kappa shape index (κ2) is 11.7. The molecule has 0 saturated carbocycles. The molecule has 7 aromatic rings. The summed E-state index contributed by atoms with van der Waals surface area (Å²) in [6.07, 6.45) is 8.47. The molecule has 1 saturated heterocycles. The van der Waals surface area contributed by atoms with Crippen LogP contribution in [0.3, 0.4) is 0 Å². The number of fused-ring (bicyclic) bond motifs is 12. The van der Waals surface area contributed by atoms with Crippen LogP contribution in [-0.4, -0.2) is 13.1 Å². The first-order valence-electron chi connectivity index (χ1n) is 20.3. The number of benzene rings is 7. The minimum atomic E-state index is -0.876. The molecule has 0 N–H and O–H groups in total. The number of hydrogen-bond donors (Lipinski definition) is 0. The topological polar surface area (TPSA) is 36.3 Å². The Morgan fingerprint density at radius 1 is 0.607 bits per heavy atom. The van der Waals surface area contributed by atoms with E-state index in [0.717, 1.165) is 40.9 Å². The number of rotatable bonds is 3. The third kappa shape index (κ3) is 4.50. The van der Waals surface area contributed by atoms with Gasteiger partial charge in [-0.1, -0.05) is 113 Å². The lowest BCUT2D eigenvalue weighted by Crippen LogP contribution is -2.35. The Balaban J connectivity index is 1.13. The summed E-state index contributed by atoms with van der Waals surface area (Å²) in [6.45, 7) is 11.6. The first kappa shape index (κ1) is 33.2. The van der Waals surface area contributed by atoms with E-state index in [9.17, 15) is 5.26 Å². The fourth-order valence-corrected chi connectivity index (χ4v) is 10.7. The predicted molar refractivity (Wildman–Crippen MR) is 231 cm³/mol. The van der Waals surface area contributed by atoms with Gasteiger partial charge in [0.2, 0.25) is 0 Å². The molecule has 1 unspecified atom stereocenters. The number of ether oxygens (including phenoxy) is 1. The van der Waals surface area contributed by atoms with E-state index in [1.807, 2.05) is 6.07 Å². The van der Waals surface area contributed by atoms with Crippen LogP contribution in [0.5, 0.6) is 5.75 Å². The second-order valence-electron chi connectivity index (χ2n) is 17.4. The maximum atomic E-state index is 9.89. The molecule has 56 heavy (non-hydrogen) atoms. The zero-order valence-corrected chi connectivity index (χ0v) is 32.5. The van der Waals surface area contributed by atoms with E-state index >= 15 is 0 Å². The van der Waals surface area contributed by atoms with Crippen LogP contribution in [0.1, 0.15) is 91.5 Å². The minimum Gasteiger partial charge on any atom is -0.472 e. The minimum absolute atomic E-state index is 0.189. The van der Waals surface area contributed by atoms with Crippen molar-refractivity contribution < 1.29 is 4.74 Å².